The first-order valence-electron chi connectivity index (χ1n) is 15.2. The molecule has 1 aromatic heterocycles. The van der Waals surface area contributed by atoms with Gasteiger partial charge in [-0.1, -0.05) is 96.6 Å². The van der Waals surface area contributed by atoms with E-state index in [-0.39, 0.29) is 18.4 Å². The summed E-state index contributed by atoms with van der Waals surface area (Å²) in [6.07, 6.45) is 0. The Balaban J connectivity index is 1.25. The highest BCUT2D eigenvalue weighted by Crippen LogP contribution is 2.40. The van der Waals surface area contributed by atoms with E-state index in [4.69, 9.17) is 4.74 Å². The third-order valence-corrected chi connectivity index (χ3v) is 9.71. The second kappa shape index (κ2) is 14.5. The summed E-state index contributed by atoms with van der Waals surface area (Å²) in [6, 6.07) is 38.3. The number of aryl methyl sites for hydroxylation is 1. The summed E-state index contributed by atoms with van der Waals surface area (Å²) in [5.74, 6) is -0.989. The minimum Gasteiger partial charge on any atom is -0.462 e. The molecular formula is C39H32N2O4S2. The summed E-state index contributed by atoms with van der Waals surface area (Å²) in [4.78, 5) is 41.2. The summed E-state index contributed by atoms with van der Waals surface area (Å²) in [5.41, 5.74) is 5.00. The highest BCUT2D eigenvalue weighted by molar-refractivity contribution is 8.00. The molecule has 0 radical (unpaired) electrons. The van der Waals surface area contributed by atoms with Crippen LogP contribution in [0, 0.1) is 6.92 Å². The van der Waals surface area contributed by atoms with Crippen LogP contribution >= 0.6 is 23.1 Å². The van der Waals surface area contributed by atoms with Gasteiger partial charge in [-0.05, 0) is 66.1 Å². The monoisotopic (exact) mass is 656 g/mol. The normalized spacial score (nSPS) is 11.5. The third-order valence-electron chi connectivity index (χ3n) is 7.57. The van der Waals surface area contributed by atoms with Crippen LogP contribution in [0.15, 0.2) is 132 Å². The number of carbonyl (C=O) groups excluding carboxylic acids is 3. The zero-order valence-corrected chi connectivity index (χ0v) is 27.5. The Hall–Kier alpha value is -5.18. The first kappa shape index (κ1) is 31.8. The van der Waals surface area contributed by atoms with Gasteiger partial charge in [0.05, 0.1) is 6.61 Å². The van der Waals surface area contributed by atoms with Gasteiger partial charge >= 0.3 is 5.97 Å². The molecule has 234 valence electrons. The molecule has 47 heavy (non-hydrogen) atoms. The van der Waals surface area contributed by atoms with Gasteiger partial charge in [0.2, 0.25) is 5.91 Å². The maximum Gasteiger partial charge on any atom is 0.341 e. The SMILES string of the molecule is CCOC(=O)c1c(-c2ccc(C)cc2)csc1NC(=O)C(Sc1cccc(NC(=O)c2ccc3ccccc3c2)c1)c1ccccc1. The number of thiophene rings is 1. The molecule has 0 aliphatic rings. The maximum atomic E-state index is 14.0. The van der Waals surface area contributed by atoms with E-state index in [0.29, 0.717) is 27.4 Å². The highest BCUT2D eigenvalue weighted by atomic mass is 32.2. The number of amides is 2. The molecule has 0 aliphatic heterocycles. The Bertz CT molecular complexity index is 2060. The van der Waals surface area contributed by atoms with E-state index in [1.54, 1.807) is 6.92 Å². The molecule has 0 spiro atoms. The van der Waals surface area contributed by atoms with E-state index in [0.717, 1.165) is 32.4 Å². The minimum absolute atomic E-state index is 0.214. The Morgan fingerprint density at radius 3 is 2.30 bits per heavy atom. The Kier molecular flexibility index (Phi) is 9.80. The second-order valence-electron chi connectivity index (χ2n) is 10.9. The average molecular weight is 657 g/mol. The van der Waals surface area contributed by atoms with Crippen LogP contribution in [0.1, 0.15) is 44.0 Å². The Labute approximate surface area is 281 Å². The number of hydrogen-bond donors (Lipinski definition) is 2. The molecule has 0 saturated carbocycles. The molecule has 0 bridgehead atoms. The van der Waals surface area contributed by atoms with Crippen LogP contribution < -0.4 is 10.6 Å². The van der Waals surface area contributed by atoms with Crippen LogP contribution in [0.2, 0.25) is 0 Å². The molecule has 2 N–H and O–H groups in total. The van der Waals surface area contributed by atoms with Gasteiger partial charge in [0.1, 0.15) is 15.8 Å². The minimum atomic E-state index is -0.650. The van der Waals surface area contributed by atoms with Crippen molar-refractivity contribution in [2.45, 2.75) is 24.0 Å². The van der Waals surface area contributed by atoms with Gasteiger partial charge in [-0.3, -0.25) is 9.59 Å². The predicted molar refractivity (Wildman–Crippen MR) is 192 cm³/mol. The summed E-state index contributed by atoms with van der Waals surface area (Å²) in [5, 5.41) is 9.75. The average Bonchev–Trinajstić information content (AvgIpc) is 3.51. The molecule has 8 heteroatoms. The zero-order valence-electron chi connectivity index (χ0n) is 25.9. The van der Waals surface area contributed by atoms with Crippen molar-refractivity contribution in [3.8, 4) is 11.1 Å². The van der Waals surface area contributed by atoms with Crippen LogP contribution in [-0.2, 0) is 9.53 Å². The lowest BCUT2D eigenvalue weighted by atomic mass is 10.0. The Morgan fingerprint density at radius 1 is 0.787 bits per heavy atom. The van der Waals surface area contributed by atoms with E-state index < -0.39 is 11.2 Å². The topological polar surface area (TPSA) is 84.5 Å². The number of ether oxygens (including phenoxy) is 1. The number of esters is 1. The lowest BCUT2D eigenvalue weighted by Crippen LogP contribution is -2.20. The van der Waals surface area contributed by atoms with E-state index in [9.17, 15) is 14.4 Å². The largest absolute Gasteiger partial charge is 0.462 e. The number of nitrogens with one attached hydrogen (secondary N) is 2. The van der Waals surface area contributed by atoms with Crippen molar-refractivity contribution in [3.05, 3.63) is 149 Å². The number of anilines is 2. The van der Waals surface area contributed by atoms with Crippen molar-refractivity contribution in [2.75, 3.05) is 17.2 Å². The quantitative estimate of drug-likeness (QED) is 0.113. The molecule has 0 aliphatic carbocycles. The lowest BCUT2D eigenvalue weighted by Gasteiger charge is -2.18. The number of fused-ring (bicyclic) bond motifs is 1. The molecule has 1 atom stereocenters. The van der Waals surface area contributed by atoms with Crippen molar-refractivity contribution in [1.82, 2.24) is 0 Å². The van der Waals surface area contributed by atoms with Gasteiger partial charge in [0, 0.05) is 27.1 Å². The fourth-order valence-corrected chi connectivity index (χ4v) is 7.24. The Morgan fingerprint density at radius 2 is 1.53 bits per heavy atom. The van der Waals surface area contributed by atoms with Crippen LogP contribution in [-0.4, -0.2) is 24.4 Å². The van der Waals surface area contributed by atoms with Gasteiger partial charge in [-0.2, -0.15) is 0 Å². The highest BCUT2D eigenvalue weighted by Gasteiger charge is 2.27. The zero-order chi connectivity index (χ0) is 32.8. The van der Waals surface area contributed by atoms with Crippen molar-refractivity contribution in [3.63, 3.8) is 0 Å². The summed E-state index contributed by atoms with van der Waals surface area (Å²) in [6.45, 7) is 3.98. The fourth-order valence-electron chi connectivity index (χ4n) is 5.20. The molecule has 2 amide bonds. The van der Waals surface area contributed by atoms with E-state index >= 15 is 0 Å². The number of rotatable bonds is 10. The lowest BCUT2D eigenvalue weighted by molar-refractivity contribution is -0.115. The van der Waals surface area contributed by atoms with Crippen molar-refractivity contribution < 1.29 is 19.1 Å². The van der Waals surface area contributed by atoms with E-state index in [1.807, 2.05) is 134 Å². The molecular weight excluding hydrogens is 625 g/mol. The number of benzene rings is 5. The van der Waals surface area contributed by atoms with Gasteiger partial charge < -0.3 is 15.4 Å². The van der Waals surface area contributed by atoms with Crippen LogP contribution in [0.3, 0.4) is 0 Å². The molecule has 5 aromatic carbocycles. The summed E-state index contributed by atoms with van der Waals surface area (Å²) >= 11 is 2.66. The molecule has 6 aromatic rings. The van der Waals surface area contributed by atoms with Crippen LogP contribution in [0.25, 0.3) is 21.9 Å². The van der Waals surface area contributed by atoms with Crippen molar-refractivity contribution in [1.29, 1.82) is 0 Å². The number of carbonyl (C=O) groups is 3. The second-order valence-corrected chi connectivity index (χ2v) is 12.9. The van der Waals surface area contributed by atoms with Crippen LogP contribution in [0.5, 0.6) is 0 Å². The van der Waals surface area contributed by atoms with E-state index in [1.165, 1.54) is 23.1 Å². The first-order valence-corrected chi connectivity index (χ1v) is 16.9. The fraction of sp³-hybridized carbons (Fsp3) is 0.103. The predicted octanol–water partition coefficient (Wildman–Crippen LogP) is 9.78. The molecule has 0 fully saturated rings. The standard InChI is InChI=1S/C39H32N2O4S2/c1-3-45-39(44)34-33(27-18-16-25(2)17-19-27)24-46-38(34)41-37(43)35(28-11-5-4-6-12-28)47-32-15-9-14-31(23-32)40-36(42)30-21-20-26-10-7-8-13-29(26)22-30/h4-24,35H,3H2,1-2H3,(H,40,42)(H,41,43). The first-order chi connectivity index (χ1) is 22.9. The maximum absolute atomic E-state index is 14.0. The molecule has 1 unspecified atom stereocenters. The van der Waals surface area contributed by atoms with Crippen molar-refractivity contribution in [2.24, 2.45) is 0 Å². The van der Waals surface area contributed by atoms with Gasteiger partial charge in [0.25, 0.3) is 5.91 Å². The van der Waals surface area contributed by atoms with Crippen LogP contribution in [0.4, 0.5) is 10.7 Å². The summed E-state index contributed by atoms with van der Waals surface area (Å²) < 4.78 is 5.41. The molecule has 6 nitrogen and oxygen atoms in total. The van der Waals surface area contributed by atoms with Gasteiger partial charge in [-0.25, -0.2) is 4.79 Å². The van der Waals surface area contributed by atoms with Gasteiger partial charge in [-0.15, -0.1) is 23.1 Å². The number of thioether (sulfide) groups is 1. The molecule has 6 rings (SSSR count). The smallest absolute Gasteiger partial charge is 0.341 e. The van der Waals surface area contributed by atoms with E-state index in [2.05, 4.69) is 10.6 Å². The molecule has 0 saturated heterocycles. The number of hydrogen-bond acceptors (Lipinski definition) is 6. The third kappa shape index (κ3) is 7.46. The van der Waals surface area contributed by atoms with Crippen molar-refractivity contribution >= 4 is 62.3 Å². The molecule has 1 heterocycles. The summed E-state index contributed by atoms with van der Waals surface area (Å²) in [7, 11) is 0. The van der Waals surface area contributed by atoms with Gasteiger partial charge in [0.15, 0.2) is 0 Å².